The number of epoxide rings is 1. The van der Waals surface area contributed by atoms with E-state index in [9.17, 15) is 14.7 Å². The number of carbonyl (C=O) groups excluding carboxylic acids is 2. The Morgan fingerprint density at radius 2 is 1.81 bits per heavy atom. The van der Waals surface area contributed by atoms with Gasteiger partial charge in [0.1, 0.15) is 11.7 Å². The fourth-order valence-electron chi connectivity index (χ4n) is 8.86. The number of ether oxygens (including phenoxy) is 2. The minimum absolute atomic E-state index is 0.0266. The van der Waals surface area contributed by atoms with E-state index >= 15 is 0 Å². The van der Waals surface area contributed by atoms with Gasteiger partial charge in [-0.05, 0) is 48.7 Å². The predicted octanol–water partition coefficient (Wildman–Crippen LogP) is 3.99. The van der Waals surface area contributed by atoms with Crippen molar-refractivity contribution in [3.8, 4) is 0 Å². The third-order valence-corrected chi connectivity index (χ3v) is 10.6. The fraction of sp³-hybridized carbons (Fsp3) is 0.692. The van der Waals surface area contributed by atoms with E-state index in [0.717, 1.165) is 18.4 Å². The Morgan fingerprint density at radius 3 is 2.50 bits per heavy atom. The average molecular weight is 441 g/mol. The molecule has 0 amide bonds. The molecule has 5 aliphatic rings. The van der Waals surface area contributed by atoms with Crippen molar-refractivity contribution < 1.29 is 28.6 Å². The van der Waals surface area contributed by atoms with E-state index in [1.807, 2.05) is 19.9 Å². The lowest BCUT2D eigenvalue weighted by atomic mass is 9.36. The van der Waals surface area contributed by atoms with Crippen LogP contribution in [0.1, 0.15) is 65.5 Å². The van der Waals surface area contributed by atoms with E-state index < -0.39 is 40.2 Å². The SMILES string of the molecule is CC1(C)C(=O)C=C[C@]2(C)[C@@H]1C[C@@H](O)[C@]1(C)[C@@H]2CC[C@@]2(C)[C@H](c3ccoc3)OC(=O)[C@H]3O[C@]312. The molecule has 2 aliphatic heterocycles. The summed E-state index contributed by atoms with van der Waals surface area (Å²) in [6.45, 7) is 10.5. The van der Waals surface area contributed by atoms with Crippen LogP contribution in [0.2, 0.25) is 0 Å². The molecule has 1 spiro atoms. The Balaban J connectivity index is 1.52. The monoisotopic (exact) mass is 440 g/mol. The molecule has 0 radical (unpaired) electrons. The van der Waals surface area contributed by atoms with Gasteiger partial charge in [0.05, 0.1) is 18.6 Å². The molecule has 3 aliphatic carbocycles. The molecule has 6 heteroatoms. The second-order valence-electron chi connectivity index (χ2n) is 12.0. The van der Waals surface area contributed by atoms with Crippen LogP contribution in [0.25, 0.3) is 0 Å². The van der Waals surface area contributed by atoms with E-state index in [1.165, 1.54) is 0 Å². The van der Waals surface area contributed by atoms with Crippen LogP contribution in [0.5, 0.6) is 0 Å². The van der Waals surface area contributed by atoms with E-state index in [1.54, 1.807) is 18.6 Å². The van der Waals surface area contributed by atoms with Crippen LogP contribution in [-0.4, -0.2) is 34.7 Å². The van der Waals surface area contributed by atoms with Crippen molar-refractivity contribution in [1.82, 2.24) is 0 Å². The Labute approximate surface area is 188 Å². The van der Waals surface area contributed by atoms with Crippen molar-refractivity contribution >= 4 is 11.8 Å². The summed E-state index contributed by atoms with van der Waals surface area (Å²) in [5, 5.41) is 11.8. The topological polar surface area (TPSA) is 89.3 Å². The van der Waals surface area contributed by atoms with E-state index in [0.29, 0.717) is 6.42 Å². The maximum absolute atomic E-state index is 13.0. The summed E-state index contributed by atoms with van der Waals surface area (Å²) in [5.41, 5.74) is -1.95. The van der Waals surface area contributed by atoms with Gasteiger partial charge in [-0.15, -0.1) is 0 Å². The highest BCUT2D eigenvalue weighted by Crippen LogP contribution is 2.79. The molecule has 0 unspecified atom stereocenters. The van der Waals surface area contributed by atoms with Crippen molar-refractivity contribution in [3.05, 3.63) is 36.3 Å². The van der Waals surface area contributed by atoms with Crippen molar-refractivity contribution in [2.45, 2.75) is 77.8 Å². The molecule has 4 fully saturated rings. The zero-order valence-electron chi connectivity index (χ0n) is 19.4. The maximum atomic E-state index is 13.0. The van der Waals surface area contributed by atoms with Gasteiger partial charge in [-0.2, -0.15) is 0 Å². The zero-order valence-corrected chi connectivity index (χ0v) is 19.4. The maximum Gasteiger partial charge on any atom is 0.339 e. The molecule has 172 valence electrons. The van der Waals surface area contributed by atoms with Gasteiger partial charge in [0.25, 0.3) is 0 Å². The molecule has 1 aromatic heterocycles. The number of cyclic esters (lactones) is 1. The van der Waals surface area contributed by atoms with Gasteiger partial charge in [0.15, 0.2) is 11.9 Å². The van der Waals surface area contributed by atoms with Gasteiger partial charge < -0.3 is 19.0 Å². The minimum atomic E-state index is -0.812. The summed E-state index contributed by atoms with van der Waals surface area (Å²) in [6, 6.07) is 1.85. The normalized spacial score (nSPS) is 52.9. The highest BCUT2D eigenvalue weighted by Gasteiger charge is 2.87. The second-order valence-corrected chi connectivity index (χ2v) is 12.0. The largest absolute Gasteiger partial charge is 0.472 e. The van der Waals surface area contributed by atoms with Gasteiger partial charge in [-0.3, -0.25) is 4.79 Å². The first-order chi connectivity index (χ1) is 14.9. The molecule has 2 saturated heterocycles. The van der Waals surface area contributed by atoms with Gasteiger partial charge in [0, 0.05) is 21.8 Å². The molecule has 6 nitrogen and oxygen atoms in total. The van der Waals surface area contributed by atoms with Crippen LogP contribution in [0.15, 0.2) is 35.2 Å². The van der Waals surface area contributed by atoms with Crippen molar-refractivity contribution in [1.29, 1.82) is 0 Å². The van der Waals surface area contributed by atoms with Crippen LogP contribution in [-0.2, 0) is 19.1 Å². The average Bonchev–Trinajstić information content (AvgIpc) is 3.30. The second kappa shape index (κ2) is 5.76. The summed E-state index contributed by atoms with van der Waals surface area (Å²) in [5.74, 6) is -0.138. The van der Waals surface area contributed by atoms with Crippen LogP contribution in [0.4, 0.5) is 0 Å². The van der Waals surface area contributed by atoms with Crippen LogP contribution in [0, 0.1) is 33.5 Å². The molecule has 2 saturated carbocycles. The summed E-state index contributed by atoms with van der Waals surface area (Å²) in [7, 11) is 0. The number of aliphatic hydroxyl groups is 1. The number of allylic oxidation sites excluding steroid dienone is 2. The van der Waals surface area contributed by atoms with Crippen molar-refractivity contribution in [3.63, 3.8) is 0 Å². The molecule has 0 bridgehead atoms. The standard InChI is InChI=1S/C26H32O6/c1-22(2)16-12-18(28)25(5)15(23(16,3)9-7-17(22)27)6-10-24(4)19(14-8-11-30-13-14)31-21(29)20-26(24,25)32-20/h7-9,11,13,15-16,18-20,28H,6,10,12H2,1-5H3/t15-,16-,18-,19+,20-,23+,24+,25+,26+/m1/s1. The van der Waals surface area contributed by atoms with Gasteiger partial charge in [-0.25, -0.2) is 4.79 Å². The van der Waals surface area contributed by atoms with E-state index in [4.69, 9.17) is 13.9 Å². The van der Waals surface area contributed by atoms with Crippen LogP contribution >= 0.6 is 0 Å². The quantitative estimate of drug-likeness (QED) is 0.525. The molecular formula is C26H32O6. The Kier molecular flexibility index (Phi) is 3.72. The van der Waals surface area contributed by atoms with Gasteiger partial charge in [0.2, 0.25) is 0 Å². The Hall–Kier alpha value is -1.92. The number of hydrogen-bond acceptors (Lipinski definition) is 6. The number of aliphatic hydroxyl groups excluding tert-OH is 1. The summed E-state index contributed by atoms with van der Waals surface area (Å²) >= 11 is 0. The fourth-order valence-corrected chi connectivity index (χ4v) is 8.86. The molecular weight excluding hydrogens is 408 g/mol. The number of rotatable bonds is 1. The van der Waals surface area contributed by atoms with Crippen molar-refractivity contribution in [2.75, 3.05) is 0 Å². The highest BCUT2D eigenvalue weighted by molar-refractivity contribution is 5.95. The summed E-state index contributed by atoms with van der Waals surface area (Å²) in [4.78, 5) is 25.8. The number of esters is 1. The minimum Gasteiger partial charge on any atom is -0.472 e. The number of carbonyl (C=O) groups is 2. The molecule has 0 aromatic carbocycles. The first-order valence-electron chi connectivity index (χ1n) is 11.8. The predicted molar refractivity (Wildman–Crippen MR) is 114 cm³/mol. The highest BCUT2D eigenvalue weighted by atomic mass is 16.7. The Morgan fingerprint density at radius 1 is 1.06 bits per heavy atom. The van der Waals surface area contributed by atoms with Crippen LogP contribution in [0.3, 0.4) is 0 Å². The number of hydrogen-bond donors (Lipinski definition) is 1. The zero-order chi connectivity index (χ0) is 22.9. The molecule has 1 aromatic rings. The first-order valence-corrected chi connectivity index (χ1v) is 11.8. The number of furan rings is 1. The lowest BCUT2D eigenvalue weighted by molar-refractivity contribution is -0.246. The summed E-state index contributed by atoms with van der Waals surface area (Å²) < 4.78 is 17.6. The molecule has 6 rings (SSSR count). The van der Waals surface area contributed by atoms with E-state index in [-0.39, 0.29) is 29.0 Å². The third kappa shape index (κ3) is 1.98. The van der Waals surface area contributed by atoms with Crippen LogP contribution < -0.4 is 0 Å². The smallest absolute Gasteiger partial charge is 0.339 e. The lowest BCUT2D eigenvalue weighted by Gasteiger charge is -2.68. The third-order valence-electron chi connectivity index (χ3n) is 10.6. The number of ketones is 1. The van der Waals surface area contributed by atoms with E-state index in [2.05, 4.69) is 26.8 Å². The summed E-state index contributed by atoms with van der Waals surface area (Å²) in [6.07, 6.45) is 7.39. The van der Waals surface area contributed by atoms with Gasteiger partial charge >= 0.3 is 5.97 Å². The molecule has 3 heterocycles. The molecule has 32 heavy (non-hydrogen) atoms. The van der Waals surface area contributed by atoms with Gasteiger partial charge in [-0.1, -0.05) is 40.7 Å². The first kappa shape index (κ1) is 20.7. The molecule has 9 atom stereocenters. The molecule has 1 N–H and O–H groups in total. The Bertz CT molecular complexity index is 1040. The lowest BCUT2D eigenvalue weighted by Crippen LogP contribution is -2.72. The van der Waals surface area contributed by atoms with Crippen molar-refractivity contribution in [2.24, 2.45) is 33.5 Å². The number of fused-ring (bicyclic) bond motifs is 3.